The van der Waals surface area contributed by atoms with Gasteiger partial charge in [0.2, 0.25) is 0 Å². The van der Waals surface area contributed by atoms with Gasteiger partial charge in [-0.1, -0.05) is 6.92 Å². The summed E-state index contributed by atoms with van der Waals surface area (Å²) in [5.41, 5.74) is -0.628. The van der Waals surface area contributed by atoms with Crippen LogP contribution < -0.4 is 5.32 Å². The topological polar surface area (TPSA) is 41.5 Å². The first-order valence-electron chi connectivity index (χ1n) is 3.78. The molecule has 0 spiro atoms. The van der Waals surface area contributed by atoms with Crippen LogP contribution in [0.15, 0.2) is 0 Å². The molecule has 1 heterocycles. The lowest BCUT2D eigenvalue weighted by molar-refractivity contribution is -0.0298. The summed E-state index contributed by atoms with van der Waals surface area (Å²) >= 11 is 0. The highest BCUT2D eigenvalue weighted by Gasteiger charge is 2.25. The largest absolute Gasteiger partial charge is 0.386 e. The van der Waals surface area contributed by atoms with Crippen molar-refractivity contribution in [1.29, 1.82) is 0 Å². The smallest absolute Gasteiger partial charge is 0.100 e. The van der Waals surface area contributed by atoms with E-state index < -0.39 is 5.60 Å². The van der Waals surface area contributed by atoms with Gasteiger partial charge in [-0.05, 0) is 6.42 Å². The average molecular weight is 182 g/mol. The van der Waals surface area contributed by atoms with Crippen LogP contribution in [-0.4, -0.2) is 37.0 Å². The highest BCUT2D eigenvalue weighted by atomic mass is 35.5. The van der Waals surface area contributed by atoms with Gasteiger partial charge in [0, 0.05) is 13.1 Å². The van der Waals surface area contributed by atoms with Gasteiger partial charge in [0.1, 0.15) is 5.60 Å². The molecule has 3 nitrogen and oxygen atoms in total. The molecular formula is C7H16ClNO2. The third-order valence-corrected chi connectivity index (χ3v) is 1.91. The van der Waals surface area contributed by atoms with Crippen LogP contribution in [0.1, 0.15) is 13.3 Å². The molecule has 0 radical (unpaired) electrons. The molecule has 1 atom stereocenters. The second kappa shape index (κ2) is 4.93. The van der Waals surface area contributed by atoms with Crippen molar-refractivity contribution in [3.8, 4) is 0 Å². The van der Waals surface area contributed by atoms with E-state index in [2.05, 4.69) is 5.32 Å². The van der Waals surface area contributed by atoms with Gasteiger partial charge < -0.3 is 15.2 Å². The molecule has 1 unspecified atom stereocenters. The molecule has 68 valence electrons. The van der Waals surface area contributed by atoms with Crippen LogP contribution in [0.2, 0.25) is 0 Å². The minimum absolute atomic E-state index is 0. The summed E-state index contributed by atoms with van der Waals surface area (Å²) in [6.07, 6.45) is 0.750. The quantitative estimate of drug-likeness (QED) is 0.606. The fraction of sp³-hybridized carbons (Fsp3) is 1.00. The summed E-state index contributed by atoms with van der Waals surface area (Å²) in [6, 6.07) is 0. The van der Waals surface area contributed by atoms with Crippen LogP contribution in [0.25, 0.3) is 0 Å². The Morgan fingerprint density at radius 1 is 1.64 bits per heavy atom. The van der Waals surface area contributed by atoms with Crippen molar-refractivity contribution >= 4 is 12.4 Å². The number of β-amino-alcohol motifs (C(OH)–C–C–N with tert-alkyl or cyclic N) is 1. The van der Waals surface area contributed by atoms with Crippen LogP contribution >= 0.6 is 12.4 Å². The molecule has 1 rings (SSSR count). The van der Waals surface area contributed by atoms with E-state index >= 15 is 0 Å². The summed E-state index contributed by atoms with van der Waals surface area (Å²) in [7, 11) is 0. The molecule has 0 aromatic carbocycles. The minimum atomic E-state index is -0.628. The first-order chi connectivity index (χ1) is 4.77. The summed E-state index contributed by atoms with van der Waals surface area (Å²) in [6.45, 7) is 4.65. The zero-order chi connectivity index (χ0) is 7.45. The first-order valence-corrected chi connectivity index (χ1v) is 3.78. The highest BCUT2D eigenvalue weighted by Crippen LogP contribution is 2.10. The van der Waals surface area contributed by atoms with Gasteiger partial charge in [-0.3, -0.25) is 0 Å². The average Bonchev–Trinajstić information content (AvgIpc) is 2.15. The van der Waals surface area contributed by atoms with E-state index in [4.69, 9.17) is 4.74 Å². The third kappa shape index (κ3) is 3.38. The normalized spacial score (nSPS) is 32.2. The van der Waals surface area contributed by atoms with Crippen LogP contribution in [-0.2, 0) is 4.74 Å². The van der Waals surface area contributed by atoms with E-state index in [1.807, 2.05) is 6.92 Å². The van der Waals surface area contributed by atoms with Gasteiger partial charge in [0.15, 0.2) is 0 Å². The second-order valence-electron chi connectivity index (χ2n) is 2.81. The van der Waals surface area contributed by atoms with E-state index in [0.29, 0.717) is 19.8 Å². The Labute approximate surface area is 73.5 Å². The molecule has 1 saturated heterocycles. The number of aliphatic hydroxyl groups is 1. The third-order valence-electron chi connectivity index (χ3n) is 1.91. The fourth-order valence-corrected chi connectivity index (χ4v) is 1.01. The van der Waals surface area contributed by atoms with Crippen molar-refractivity contribution in [3.63, 3.8) is 0 Å². The predicted octanol–water partition coefficient (Wildman–Crippen LogP) is 0.169. The lowest BCUT2D eigenvalue weighted by Crippen LogP contribution is -2.41. The fourth-order valence-electron chi connectivity index (χ4n) is 1.01. The van der Waals surface area contributed by atoms with E-state index in [9.17, 15) is 5.11 Å². The Hall–Kier alpha value is 0.170. The molecule has 0 amide bonds. The number of ether oxygens (including phenoxy) is 1. The van der Waals surface area contributed by atoms with Crippen molar-refractivity contribution in [1.82, 2.24) is 5.32 Å². The van der Waals surface area contributed by atoms with Crippen molar-refractivity contribution in [2.45, 2.75) is 18.9 Å². The Morgan fingerprint density at radius 3 is 3.00 bits per heavy atom. The molecule has 11 heavy (non-hydrogen) atoms. The zero-order valence-electron chi connectivity index (χ0n) is 6.80. The molecule has 0 aliphatic carbocycles. The van der Waals surface area contributed by atoms with E-state index in [1.165, 1.54) is 0 Å². The summed E-state index contributed by atoms with van der Waals surface area (Å²) in [5.74, 6) is 0. The number of hydrogen-bond acceptors (Lipinski definition) is 3. The molecular weight excluding hydrogens is 166 g/mol. The molecule has 1 fully saturated rings. The molecule has 0 aromatic heterocycles. The molecule has 0 bridgehead atoms. The van der Waals surface area contributed by atoms with Crippen molar-refractivity contribution in [2.24, 2.45) is 0 Å². The summed E-state index contributed by atoms with van der Waals surface area (Å²) in [5, 5.41) is 12.8. The standard InChI is InChI=1S/C7H15NO2.ClH/c1-2-7(9)5-8-3-4-10-6-7;/h8-9H,2-6H2,1H3;1H. The molecule has 2 N–H and O–H groups in total. The Morgan fingerprint density at radius 2 is 2.36 bits per heavy atom. The van der Waals surface area contributed by atoms with Crippen LogP contribution in [0, 0.1) is 0 Å². The van der Waals surface area contributed by atoms with Gasteiger partial charge >= 0.3 is 0 Å². The van der Waals surface area contributed by atoms with Gasteiger partial charge in [-0.2, -0.15) is 0 Å². The Balaban J connectivity index is 0.000001000. The maximum Gasteiger partial charge on any atom is 0.100 e. The second-order valence-corrected chi connectivity index (χ2v) is 2.81. The van der Waals surface area contributed by atoms with Crippen molar-refractivity contribution < 1.29 is 9.84 Å². The van der Waals surface area contributed by atoms with Gasteiger partial charge in [-0.25, -0.2) is 0 Å². The number of rotatable bonds is 1. The van der Waals surface area contributed by atoms with E-state index in [1.54, 1.807) is 0 Å². The van der Waals surface area contributed by atoms with Crippen molar-refractivity contribution in [2.75, 3.05) is 26.3 Å². The number of halogens is 1. The monoisotopic (exact) mass is 181 g/mol. The molecule has 1 aliphatic heterocycles. The van der Waals surface area contributed by atoms with Gasteiger partial charge in [0.25, 0.3) is 0 Å². The van der Waals surface area contributed by atoms with E-state index in [0.717, 1.165) is 13.0 Å². The van der Waals surface area contributed by atoms with Gasteiger partial charge in [0.05, 0.1) is 13.2 Å². The predicted molar refractivity (Wildman–Crippen MR) is 46.2 cm³/mol. The van der Waals surface area contributed by atoms with E-state index in [-0.39, 0.29) is 12.4 Å². The zero-order valence-corrected chi connectivity index (χ0v) is 7.62. The van der Waals surface area contributed by atoms with Crippen LogP contribution in [0.3, 0.4) is 0 Å². The SMILES string of the molecule is CCC1(O)CNCCOC1.Cl. The summed E-state index contributed by atoms with van der Waals surface area (Å²) < 4.78 is 5.19. The maximum atomic E-state index is 9.67. The molecule has 4 heteroatoms. The lowest BCUT2D eigenvalue weighted by Gasteiger charge is -2.23. The number of nitrogens with one attached hydrogen (secondary N) is 1. The molecule has 1 aliphatic rings. The van der Waals surface area contributed by atoms with Gasteiger partial charge in [-0.15, -0.1) is 12.4 Å². The van der Waals surface area contributed by atoms with Crippen LogP contribution in [0.5, 0.6) is 0 Å². The summed E-state index contributed by atoms with van der Waals surface area (Å²) in [4.78, 5) is 0. The Bertz CT molecular complexity index is 103. The number of hydrogen-bond donors (Lipinski definition) is 2. The Kier molecular flexibility index (Phi) is 5.01. The maximum absolute atomic E-state index is 9.67. The molecule has 0 aromatic rings. The van der Waals surface area contributed by atoms with Crippen LogP contribution in [0.4, 0.5) is 0 Å². The lowest BCUT2D eigenvalue weighted by atomic mass is 10.0. The highest BCUT2D eigenvalue weighted by molar-refractivity contribution is 5.85. The molecule has 0 saturated carbocycles. The first kappa shape index (κ1) is 11.2. The van der Waals surface area contributed by atoms with Crippen molar-refractivity contribution in [3.05, 3.63) is 0 Å². The minimum Gasteiger partial charge on any atom is -0.386 e.